The molecule has 0 spiro atoms. The summed E-state index contributed by atoms with van der Waals surface area (Å²) >= 11 is 3.42. The number of aromatic nitrogens is 2. The van der Waals surface area contributed by atoms with Crippen LogP contribution in [0.25, 0.3) is 0 Å². The van der Waals surface area contributed by atoms with E-state index < -0.39 is 0 Å². The van der Waals surface area contributed by atoms with Gasteiger partial charge in [-0.1, -0.05) is 15.9 Å². The van der Waals surface area contributed by atoms with E-state index in [0.717, 1.165) is 27.0 Å². The summed E-state index contributed by atoms with van der Waals surface area (Å²) in [6, 6.07) is 5.78. The van der Waals surface area contributed by atoms with Gasteiger partial charge < -0.3 is 0 Å². The van der Waals surface area contributed by atoms with Crippen molar-refractivity contribution >= 4 is 33.2 Å². The Bertz CT molecular complexity index is 720. The highest BCUT2D eigenvalue weighted by Crippen LogP contribution is 2.28. The molecule has 0 radical (unpaired) electrons. The molecule has 0 atom stereocenters. The second kappa shape index (κ2) is 4.86. The van der Waals surface area contributed by atoms with Crippen molar-refractivity contribution in [1.82, 2.24) is 9.78 Å². The highest BCUT2D eigenvalue weighted by molar-refractivity contribution is 9.10. The predicted octanol–water partition coefficient (Wildman–Crippen LogP) is 2.63. The van der Waals surface area contributed by atoms with E-state index in [4.69, 9.17) is 0 Å². The van der Waals surface area contributed by atoms with Crippen LogP contribution in [0.15, 0.2) is 40.2 Å². The van der Waals surface area contributed by atoms with Gasteiger partial charge >= 0.3 is 0 Å². The maximum absolute atomic E-state index is 12.2. The summed E-state index contributed by atoms with van der Waals surface area (Å²) in [6.45, 7) is 1.96. The molecule has 0 aliphatic carbocycles. The number of carbonyl (C=O) groups is 1. The number of aryl methyl sites for hydroxylation is 2. The SMILES string of the molecule is Cc1cc(Br)ccc1N1N=C(c2cnn(C)c2)CC1=O. The summed E-state index contributed by atoms with van der Waals surface area (Å²) in [5.41, 5.74) is 3.46. The smallest absolute Gasteiger partial charge is 0.253 e. The summed E-state index contributed by atoms with van der Waals surface area (Å²) in [5, 5.41) is 10.0. The molecule has 1 aliphatic rings. The number of hydrogen-bond acceptors (Lipinski definition) is 3. The lowest BCUT2D eigenvalue weighted by atomic mass is 10.1. The number of halogens is 1. The second-order valence-corrected chi connectivity index (χ2v) is 5.68. The lowest BCUT2D eigenvalue weighted by molar-refractivity contribution is -0.116. The molecule has 20 heavy (non-hydrogen) atoms. The molecule has 1 aromatic heterocycles. The molecule has 1 amide bonds. The summed E-state index contributed by atoms with van der Waals surface area (Å²) < 4.78 is 2.69. The van der Waals surface area contributed by atoms with Crippen molar-refractivity contribution < 1.29 is 4.79 Å². The number of benzene rings is 1. The van der Waals surface area contributed by atoms with Crippen LogP contribution in [-0.4, -0.2) is 21.4 Å². The van der Waals surface area contributed by atoms with Crippen LogP contribution < -0.4 is 5.01 Å². The third-order valence-corrected chi connectivity index (χ3v) is 3.69. The van der Waals surface area contributed by atoms with Gasteiger partial charge in [-0.25, -0.2) is 0 Å². The first-order valence-electron chi connectivity index (χ1n) is 6.20. The lowest BCUT2D eigenvalue weighted by Crippen LogP contribution is -2.20. The summed E-state index contributed by atoms with van der Waals surface area (Å²) in [5.74, 6) is -0.0192. The monoisotopic (exact) mass is 332 g/mol. The van der Waals surface area contributed by atoms with Crippen LogP contribution in [0.4, 0.5) is 5.69 Å². The van der Waals surface area contributed by atoms with E-state index in [1.807, 2.05) is 38.4 Å². The maximum atomic E-state index is 12.2. The van der Waals surface area contributed by atoms with E-state index in [1.165, 1.54) is 5.01 Å². The molecule has 0 unspecified atom stereocenters. The minimum Gasteiger partial charge on any atom is -0.275 e. The minimum absolute atomic E-state index is 0.0192. The minimum atomic E-state index is -0.0192. The van der Waals surface area contributed by atoms with Crippen LogP contribution in [0.1, 0.15) is 17.5 Å². The van der Waals surface area contributed by atoms with E-state index in [1.54, 1.807) is 10.9 Å². The lowest BCUT2D eigenvalue weighted by Gasteiger charge is -2.14. The quantitative estimate of drug-likeness (QED) is 0.848. The Hall–Kier alpha value is -1.95. The molecule has 0 fully saturated rings. The number of hydrazone groups is 1. The van der Waals surface area contributed by atoms with Crippen molar-refractivity contribution in [2.75, 3.05) is 5.01 Å². The van der Waals surface area contributed by atoms with Crippen LogP contribution >= 0.6 is 15.9 Å². The third kappa shape index (κ3) is 2.27. The van der Waals surface area contributed by atoms with Crippen LogP contribution in [0.2, 0.25) is 0 Å². The molecule has 6 heteroatoms. The molecule has 3 rings (SSSR count). The van der Waals surface area contributed by atoms with E-state index in [0.29, 0.717) is 6.42 Å². The Kier molecular flexibility index (Phi) is 3.17. The Morgan fingerprint density at radius 1 is 1.35 bits per heavy atom. The summed E-state index contributed by atoms with van der Waals surface area (Å²) in [7, 11) is 1.84. The van der Waals surface area contributed by atoms with E-state index in [-0.39, 0.29) is 5.91 Å². The normalized spacial score (nSPS) is 14.8. The highest BCUT2D eigenvalue weighted by Gasteiger charge is 2.27. The zero-order chi connectivity index (χ0) is 14.3. The first-order valence-corrected chi connectivity index (χ1v) is 6.99. The Labute approximate surface area is 125 Å². The zero-order valence-electron chi connectivity index (χ0n) is 11.2. The number of anilines is 1. The Morgan fingerprint density at radius 3 is 2.80 bits per heavy atom. The molecule has 2 aromatic rings. The van der Waals surface area contributed by atoms with Crippen molar-refractivity contribution in [2.24, 2.45) is 12.1 Å². The fourth-order valence-corrected chi connectivity index (χ4v) is 2.68. The molecule has 0 saturated heterocycles. The van der Waals surface area contributed by atoms with E-state index in [9.17, 15) is 4.79 Å². The fraction of sp³-hybridized carbons (Fsp3) is 0.214. The first-order chi connectivity index (χ1) is 9.54. The largest absolute Gasteiger partial charge is 0.275 e. The standard InChI is InChI=1S/C14H13BrN4O/c1-9-5-11(15)3-4-13(9)19-14(20)6-12(17-19)10-7-16-18(2)8-10/h3-5,7-8H,6H2,1-2H3. The van der Waals surface area contributed by atoms with Crippen molar-refractivity contribution in [3.8, 4) is 0 Å². The second-order valence-electron chi connectivity index (χ2n) is 4.76. The molecule has 1 aliphatic heterocycles. The number of nitrogens with zero attached hydrogens (tertiary/aromatic N) is 4. The molecule has 0 saturated carbocycles. The molecule has 1 aromatic carbocycles. The topological polar surface area (TPSA) is 50.5 Å². The number of amides is 1. The molecule has 0 N–H and O–H groups in total. The van der Waals surface area contributed by atoms with Crippen molar-refractivity contribution in [2.45, 2.75) is 13.3 Å². The predicted molar refractivity (Wildman–Crippen MR) is 80.7 cm³/mol. The van der Waals surface area contributed by atoms with Gasteiger partial charge in [0.25, 0.3) is 5.91 Å². The summed E-state index contributed by atoms with van der Waals surface area (Å²) in [4.78, 5) is 12.2. The van der Waals surface area contributed by atoms with Gasteiger partial charge in [-0.05, 0) is 30.7 Å². The van der Waals surface area contributed by atoms with Crippen molar-refractivity contribution in [3.63, 3.8) is 0 Å². The van der Waals surface area contributed by atoms with Gasteiger partial charge in [-0.3, -0.25) is 9.48 Å². The van der Waals surface area contributed by atoms with Gasteiger partial charge in [0.1, 0.15) is 0 Å². The van der Waals surface area contributed by atoms with Gasteiger partial charge in [-0.2, -0.15) is 15.2 Å². The van der Waals surface area contributed by atoms with E-state index in [2.05, 4.69) is 26.1 Å². The molecule has 102 valence electrons. The molecular weight excluding hydrogens is 320 g/mol. The van der Waals surface area contributed by atoms with Crippen molar-refractivity contribution in [3.05, 3.63) is 46.2 Å². The van der Waals surface area contributed by atoms with Crippen molar-refractivity contribution in [1.29, 1.82) is 0 Å². The van der Waals surface area contributed by atoms with Gasteiger partial charge in [0.05, 0.1) is 24.0 Å². The highest BCUT2D eigenvalue weighted by atomic mass is 79.9. The molecule has 2 heterocycles. The average molecular weight is 333 g/mol. The zero-order valence-corrected chi connectivity index (χ0v) is 12.8. The molecule has 0 bridgehead atoms. The van der Waals surface area contributed by atoms with E-state index >= 15 is 0 Å². The fourth-order valence-electron chi connectivity index (χ4n) is 2.20. The number of carbonyl (C=O) groups excluding carboxylic acids is 1. The van der Waals surface area contributed by atoms with Gasteiger partial charge in [0, 0.05) is 23.3 Å². The number of rotatable bonds is 2. The van der Waals surface area contributed by atoms with Crippen LogP contribution in [0.5, 0.6) is 0 Å². The Balaban J connectivity index is 1.98. The van der Waals surface area contributed by atoms with Crippen LogP contribution in [0, 0.1) is 6.92 Å². The van der Waals surface area contributed by atoms with Gasteiger partial charge in [-0.15, -0.1) is 0 Å². The molecule has 5 nitrogen and oxygen atoms in total. The summed E-state index contributed by atoms with van der Waals surface area (Å²) in [6.07, 6.45) is 3.90. The Morgan fingerprint density at radius 2 is 2.15 bits per heavy atom. The number of hydrogen-bond donors (Lipinski definition) is 0. The third-order valence-electron chi connectivity index (χ3n) is 3.20. The van der Waals surface area contributed by atoms with Gasteiger partial charge in [0.15, 0.2) is 0 Å². The molecular formula is C14H13BrN4O. The van der Waals surface area contributed by atoms with Crippen LogP contribution in [0.3, 0.4) is 0 Å². The average Bonchev–Trinajstić information content (AvgIpc) is 2.96. The van der Waals surface area contributed by atoms with Gasteiger partial charge in [0.2, 0.25) is 0 Å². The van der Waals surface area contributed by atoms with Crippen LogP contribution in [-0.2, 0) is 11.8 Å². The first kappa shape index (κ1) is 13.1. The maximum Gasteiger partial charge on any atom is 0.253 e.